The molecule has 1 fully saturated rings. The largest absolute Gasteiger partial charge is 0.446 e. The predicted octanol–water partition coefficient (Wildman–Crippen LogP) is 6.62. The van der Waals surface area contributed by atoms with Crippen LogP contribution < -0.4 is 0 Å². The highest BCUT2D eigenvalue weighted by molar-refractivity contribution is 8.00. The minimum Gasteiger partial charge on any atom is -0.306 e. The monoisotopic (exact) mass is 401 g/mol. The van der Waals surface area contributed by atoms with E-state index < -0.39 is 5.51 Å². The second-order valence-electron chi connectivity index (χ2n) is 7.50. The molecule has 0 aromatic heterocycles. The van der Waals surface area contributed by atoms with E-state index in [1.54, 1.807) is 12.1 Å². The van der Waals surface area contributed by atoms with Gasteiger partial charge in [0.1, 0.15) is 0 Å². The maximum Gasteiger partial charge on any atom is 0.446 e. The summed E-state index contributed by atoms with van der Waals surface area (Å²) in [7, 11) is 2.11. The number of piperidine rings is 1. The first-order valence-corrected chi connectivity index (χ1v) is 10.2. The van der Waals surface area contributed by atoms with E-state index >= 15 is 0 Å². The maximum absolute atomic E-state index is 13.0. The number of alkyl halides is 3. The number of thioether (sulfide) groups is 1. The fourth-order valence-electron chi connectivity index (χ4n) is 3.97. The van der Waals surface area contributed by atoms with Gasteiger partial charge in [-0.1, -0.05) is 47.6 Å². The van der Waals surface area contributed by atoms with Crippen molar-refractivity contribution in [1.29, 1.82) is 0 Å². The van der Waals surface area contributed by atoms with Crippen LogP contribution in [0.4, 0.5) is 13.2 Å². The molecule has 0 atom stereocenters. The molecule has 2 aromatic carbocycles. The summed E-state index contributed by atoms with van der Waals surface area (Å²) in [5.74, 6) is 0. The van der Waals surface area contributed by atoms with Gasteiger partial charge >= 0.3 is 5.51 Å². The molecule has 1 heterocycles. The van der Waals surface area contributed by atoms with Crippen molar-refractivity contribution in [2.75, 3.05) is 20.1 Å². The highest BCUT2D eigenvalue weighted by Gasteiger charge is 2.30. The first-order valence-electron chi connectivity index (χ1n) is 9.40. The van der Waals surface area contributed by atoms with Crippen molar-refractivity contribution >= 4 is 29.5 Å². The van der Waals surface area contributed by atoms with Crippen molar-refractivity contribution in [2.45, 2.75) is 30.2 Å². The van der Waals surface area contributed by atoms with Gasteiger partial charge in [-0.3, -0.25) is 0 Å². The highest BCUT2D eigenvalue weighted by Crippen LogP contribution is 2.43. The summed E-state index contributed by atoms with van der Waals surface area (Å²) in [6, 6.07) is 11.5. The Morgan fingerprint density at radius 3 is 2.14 bits per heavy atom. The smallest absolute Gasteiger partial charge is 0.306 e. The van der Waals surface area contributed by atoms with Crippen LogP contribution in [0.2, 0.25) is 0 Å². The lowest BCUT2D eigenvalue weighted by Gasteiger charge is -2.27. The van der Waals surface area contributed by atoms with E-state index in [0.29, 0.717) is 0 Å². The van der Waals surface area contributed by atoms with Crippen LogP contribution in [0.1, 0.15) is 40.7 Å². The standard InChI is InChI=1S/C23H22F3NS/c1-15-3-4-16-5-6-17-7-8-19(28-23(24,25)26)14-21(17)22(20(16)13-15)18-9-11-27(2)12-10-18/h3-8,13-14H,9-12H2,1-2H3. The van der Waals surface area contributed by atoms with E-state index in [4.69, 9.17) is 0 Å². The molecule has 1 aliphatic carbocycles. The third-order valence-corrected chi connectivity index (χ3v) is 6.11. The Hall–Kier alpha value is -1.98. The molecular formula is C23H22F3NS. The second kappa shape index (κ2) is 7.45. The van der Waals surface area contributed by atoms with E-state index in [1.165, 1.54) is 5.57 Å². The zero-order valence-electron chi connectivity index (χ0n) is 15.9. The van der Waals surface area contributed by atoms with Gasteiger partial charge in [-0.2, -0.15) is 13.2 Å². The lowest BCUT2D eigenvalue weighted by molar-refractivity contribution is -0.0328. The van der Waals surface area contributed by atoms with Crippen molar-refractivity contribution in [1.82, 2.24) is 4.90 Å². The molecule has 1 nitrogen and oxygen atoms in total. The zero-order chi connectivity index (χ0) is 19.9. The number of hydrogen-bond donors (Lipinski definition) is 0. The van der Waals surface area contributed by atoms with Crippen molar-refractivity contribution in [3.63, 3.8) is 0 Å². The summed E-state index contributed by atoms with van der Waals surface area (Å²) < 4.78 is 38.9. The van der Waals surface area contributed by atoms with E-state index in [-0.39, 0.29) is 16.7 Å². The molecule has 0 N–H and O–H groups in total. The molecule has 0 amide bonds. The highest BCUT2D eigenvalue weighted by atomic mass is 32.2. The Bertz CT molecular complexity index is 962. The molecule has 4 rings (SSSR count). The van der Waals surface area contributed by atoms with Crippen LogP contribution in [0.3, 0.4) is 0 Å². The first-order chi connectivity index (χ1) is 13.3. The minimum absolute atomic E-state index is 0.0410. The second-order valence-corrected chi connectivity index (χ2v) is 8.64. The molecular weight excluding hydrogens is 379 g/mol. The molecule has 1 saturated heterocycles. The molecule has 28 heavy (non-hydrogen) atoms. The molecule has 2 aliphatic rings. The van der Waals surface area contributed by atoms with Crippen LogP contribution >= 0.6 is 11.8 Å². The van der Waals surface area contributed by atoms with Crippen molar-refractivity contribution in [3.8, 4) is 0 Å². The van der Waals surface area contributed by atoms with Crippen molar-refractivity contribution in [3.05, 3.63) is 69.8 Å². The van der Waals surface area contributed by atoms with Crippen LogP contribution in [0.5, 0.6) is 0 Å². The Morgan fingerprint density at radius 1 is 0.893 bits per heavy atom. The Kier molecular flexibility index (Phi) is 5.15. The number of nitrogens with zero attached hydrogens (tertiary/aromatic N) is 1. The van der Waals surface area contributed by atoms with Crippen LogP contribution in [0.25, 0.3) is 17.7 Å². The minimum atomic E-state index is -4.29. The van der Waals surface area contributed by atoms with Crippen LogP contribution in [-0.2, 0) is 0 Å². The van der Waals surface area contributed by atoms with Gasteiger partial charge in [0.05, 0.1) is 0 Å². The lowest BCUT2D eigenvalue weighted by Crippen LogP contribution is -2.27. The number of rotatable bonds is 1. The summed E-state index contributed by atoms with van der Waals surface area (Å²) in [6.07, 6.45) is 5.98. The fourth-order valence-corrected chi connectivity index (χ4v) is 4.55. The third-order valence-electron chi connectivity index (χ3n) is 5.39. The number of fused-ring (bicyclic) bond motifs is 2. The van der Waals surface area contributed by atoms with Gasteiger partial charge in [-0.15, -0.1) is 0 Å². The van der Waals surface area contributed by atoms with Gasteiger partial charge in [0, 0.05) is 18.0 Å². The molecule has 0 saturated carbocycles. The average molecular weight is 401 g/mol. The van der Waals surface area contributed by atoms with Crippen LogP contribution in [0, 0.1) is 6.92 Å². The van der Waals surface area contributed by atoms with Gasteiger partial charge < -0.3 is 4.90 Å². The van der Waals surface area contributed by atoms with Gasteiger partial charge in [0.25, 0.3) is 0 Å². The van der Waals surface area contributed by atoms with E-state index in [1.807, 2.05) is 12.1 Å². The Labute approximate surface area is 167 Å². The third kappa shape index (κ3) is 4.06. The molecule has 0 spiro atoms. The Morgan fingerprint density at radius 2 is 1.50 bits per heavy atom. The van der Waals surface area contributed by atoms with Gasteiger partial charge in [-0.25, -0.2) is 0 Å². The van der Waals surface area contributed by atoms with Gasteiger partial charge in [-0.05, 0) is 78.5 Å². The van der Waals surface area contributed by atoms with Gasteiger partial charge in [0.2, 0.25) is 0 Å². The molecule has 0 bridgehead atoms. The topological polar surface area (TPSA) is 3.24 Å². The number of benzene rings is 2. The quantitative estimate of drug-likeness (QED) is 0.422. The summed E-state index contributed by atoms with van der Waals surface area (Å²) in [5, 5.41) is 0. The number of aryl methyl sites for hydroxylation is 1. The van der Waals surface area contributed by atoms with Crippen LogP contribution in [0.15, 0.2) is 46.9 Å². The van der Waals surface area contributed by atoms with Crippen molar-refractivity contribution < 1.29 is 13.2 Å². The van der Waals surface area contributed by atoms with Crippen molar-refractivity contribution in [2.24, 2.45) is 0 Å². The summed E-state index contributed by atoms with van der Waals surface area (Å²) >= 11 is -0.0410. The van der Waals surface area contributed by atoms with Crippen LogP contribution in [-0.4, -0.2) is 30.5 Å². The molecule has 0 unspecified atom stereocenters. The SMILES string of the molecule is Cc1ccc2c(c1)C(=C1CCN(C)CC1)c1cc(SC(F)(F)F)ccc1C=C2. The van der Waals surface area contributed by atoms with E-state index in [2.05, 4.69) is 43.1 Å². The van der Waals surface area contributed by atoms with E-state index in [0.717, 1.165) is 59.3 Å². The first kappa shape index (κ1) is 19.3. The summed E-state index contributed by atoms with van der Waals surface area (Å²) in [6.45, 7) is 4.00. The fraction of sp³-hybridized carbons (Fsp3) is 0.304. The molecule has 2 aromatic rings. The number of halogens is 3. The maximum atomic E-state index is 13.0. The normalized spacial score (nSPS) is 17.3. The van der Waals surface area contributed by atoms with E-state index in [9.17, 15) is 13.2 Å². The number of likely N-dealkylation sites (tertiary alicyclic amines) is 1. The van der Waals surface area contributed by atoms with Gasteiger partial charge in [0.15, 0.2) is 0 Å². The molecule has 5 heteroatoms. The summed E-state index contributed by atoms with van der Waals surface area (Å²) in [4.78, 5) is 2.54. The summed E-state index contributed by atoms with van der Waals surface area (Å²) in [5.41, 5.74) is 3.46. The molecule has 146 valence electrons. The lowest BCUT2D eigenvalue weighted by atomic mass is 9.85. The zero-order valence-corrected chi connectivity index (χ0v) is 16.8. The average Bonchev–Trinajstić information content (AvgIpc) is 2.77. The number of hydrogen-bond acceptors (Lipinski definition) is 2. The molecule has 0 radical (unpaired) electrons. The Balaban J connectivity index is 1.92. The predicted molar refractivity (Wildman–Crippen MR) is 111 cm³/mol. The molecule has 1 aliphatic heterocycles.